The van der Waals surface area contributed by atoms with Gasteiger partial charge in [-0.05, 0) is 23.8 Å². The second-order valence-corrected chi connectivity index (χ2v) is 6.32. The maximum Gasteiger partial charge on any atom is 0.414 e. The van der Waals surface area contributed by atoms with Crippen LogP contribution < -0.4 is 4.90 Å². The van der Waals surface area contributed by atoms with Crippen molar-refractivity contribution < 1.29 is 28.5 Å². The van der Waals surface area contributed by atoms with Crippen molar-refractivity contribution >= 4 is 17.7 Å². The first kappa shape index (κ1) is 20.6. The van der Waals surface area contributed by atoms with Crippen LogP contribution in [-0.4, -0.2) is 38.9 Å². The Morgan fingerprint density at radius 1 is 1.17 bits per heavy atom. The molecule has 0 bridgehead atoms. The largest absolute Gasteiger partial charge is 0.465 e. The molecule has 1 heterocycles. The zero-order valence-corrected chi connectivity index (χ0v) is 16.2. The van der Waals surface area contributed by atoms with Crippen LogP contribution in [0, 0.1) is 0 Å². The summed E-state index contributed by atoms with van der Waals surface area (Å²) < 4.78 is 21.4. The highest BCUT2D eigenvalue weighted by Crippen LogP contribution is 2.29. The molecule has 0 saturated carbocycles. The zero-order valence-electron chi connectivity index (χ0n) is 16.2. The average molecular weight is 397 g/mol. The van der Waals surface area contributed by atoms with Crippen molar-refractivity contribution in [2.24, 2.45) is 0 Å². The van der Waals surface area contributed by atoms with Gasteiger partial charge in [0.15, 0.2) is 6.29 Å². The number of rotatable bonds is 7. The van der Waals surface area contributed by atoms with E-state index in [4.69, 9.17) is 18.9 Å². The summed E-state index contributed by atoms with van der Waals surface area (Å²) in [5.41, 5.74) is 2.23. The Morgan fingerprint density at radius 3 is 2.55 bits per heavy atom. The first-order valence-corrected chi connectivity index (χ1v) is 9.18. The lowest BCUT2D eigenvalue weighted by molar-refractivity contribution is -0.0441. The van der Waals surface area contributed by atoms with Crippen LogP contribution in [0.3, 0.4) is 0 Å². The SMILES string of the molecule is C=CCN(C(=O)OCc1ccccc1)c1cc(C(=O)OC)cc(C2OCCO2)c1. The molecule has 1 amide bonds. The van der Waals surface area contributed by atoms with Crippen molar-refractivity contribution in [3.63, 3.8) is 0 Å². The van der Waals surface area contributed by atoms with Gasteiger partial charge in [0.25, 0.3) is 0 Å². The van der Waals surface area contributed by atoms with Crippen LogP contribution in [0.1, 0.15) is 27.8 Å². The van der Waals surface area contributed by atoms with Crippen LogP contribution in [0.5, 0.6) is 0 Å². The summed E-state index contributed by atoms with van der Waals surface area (Å²) in [4.78, 5) is 26.3. The van der Waals surface area contributed by atoms with Gasteiger partial charge in [-0.1, -0.05) is 36.4 Å². The van der Waals surface area contributed by atoms with Gasteiger partial charge in [0, 0.05) is 17.8 Å². The summed E-state index contributed by atoms with van der Waals surface area (Å²) >= 11 is 0. The van der Waals surface area contributed by atoms with Crippen molar-refractivity contribution in [2.75, 3.05) is 31.8 Å². The second kappa shape index (κ2) is 9.86. The molecule has 0 atom stereocenters. The average Bonchev–Trinajstić information content (AvgIpc) is 3.30. The standard InChI is InChI=1S/C22H23NO6/c1-3-9-23(22(25)29-15-16-7-5-4-6-8-16)19-13-17(20(24)26-2)12-18(14-19)21-27-10-11-28-21/h3-8,12-14,21H,1,9-11,15H2,2H3. The Morgan fingerprint density at radius 2 is 1.90 bits per heavy atom. The van der Waals surface area contributed by atoms with Crippen LogP contribution in [0.2, 0.25) is 0 Å². The van der Waals surface area contributed by atoms with Gasteiger partial charge < -0.3 is 18.9 Å². The van der Waals surface area contributed by atoms with Crippen molar-refractivity contribution in [1.29, 1.82) is 0 Å². The molecular formula is C22H23NO6. The van der Waals surface area contributed by atoms with Gasteiger partial charge in [-0.25, -0.2) is 9.59 Å². The molecule has 0 N–H and O–H groups in total. The lowest BCUT2D eigenvalue weighted by Crippen LogP contribution is -2.32. The maximum absolute atomic E-state index is 12.8. The Bertz CT molecular complexity index is 861. The molecule has 7 heteroatoms. The first-order chi connectivity index (χ1) is 14.1. The fraction of sp³-hybridized carbons (Fsp3) is 0.273. The van der Waals surface area contributed by atoms with Gasteiger partial charge in [-0.2, -0.15) is 0 Å². The number of amides is 1. The summed E-state index contributed by atoms with van der Waals surface area (Å²) in [6.45, 7) is 4.95. The Labute approximate surface area is 169 Å². The molecule has 1 fully saturated rings. The van der Waals surface area contributed by atoms with Gasteiger partial charge in [0.05, 0.1) is 25.9 Å². The number of carbonyl (C=O) groups excluding carboxylic acids is 2. The van der Waals surface area contributed by atoms with E-state index in [1.54, 1.807) is 24.3 Å². The third kappa shape index (κ3) is 5.22. The van der Waals surface area contributed by atoms with Crippen LogP contribution >= 0.6 is 0 Å². The first-order valence-electron chi connectivity index (χ1n) is 9.18. The van der Waals surface area contributed by atoms with E-state index in [9.17, 15) is 9.59 Å². The van der Waals surface area contributed by atoms with Crippen LogP contribution in [0.25, 0.3) is 0 Å². The van der Waals surface area contributed by atoms with E-state index in [0.717, 1.165) is 5.56 Å². The molecule has 0 aromatic heterocycles. The molecule has 29 heavy (non-hydrogen) atoms. The topological polar surface area (TPSA) is 74.3 Å². The van der Waals surface area contributed by atoms with Crippen LogP contribution in [0.15, 0.2) is 61.2 Å². The number of hydrogen-bond donors (Lipinski definition) is 0. The molecule has 1 saturated heterocycles. The Hall–Kier alpha value is -3.16. The third-order valence-corrected chi connectivity index (χ3v) is 4.30. The molecule has 0 spiro atoms. The number of ether oxygens (including phenoxy) is 4. The van der Waals surface area contributed by atoms with E-state index in [2.05, 4.69) is 6.58 Å². The van der Waals surface area contributed by atoms with Crippen molar-refractivity contribution in [3.8, 4) is 0 Å². The molecule has 2 aromatic carbocycles. The fourth-order valence-electron chi connectivity index (χ4n) is 2.92. The van der Waals surface area contributed by atoms with E-state index in [1.165, 1.54) is 12.0 Å². The lowest BCUT2D eigenvalue weighted by atomic mass is 10.1. The number of carbonyl (C=O) groups is 2. The summed E-state index contributed by atoms with van der Waals surface area (Å²) in [7, 11) is 1.30. The fourth-order valence-corrected chi connectivity index (χ4v) is 2.92. The molecule has 7 nitrogen and oxygen atoms in total. The minimum atomic E-state index is -0.607. The number of methoxy groups -OCH3 is 1. The number of nitrogens with zero attached hydrogens (tertiary/aromatic N) is 1. The van der Waals surface area contributed by atoms with Crippen molar-refractivity contribution in [3.05, 3.63) is 77.9 Å². The molecule has 3 rings (SSSR count). The molecule has 0 aliphatic carbocycles. The molecule has 0 unspecified atom stereocenters. The minimum Gasteiger partial charge on any atom is -0.465 e. The zero-order chi connectivity index (χ0) is 20.6. The van der Waals surface area contributed by atoms with Gasteiger partial charge in [0.2, 0.25) is 0 Å². The van der Waals surface area contributed by atoms with E-state index in [1.807, 2.05) is 30.3 Å². The highest BCUT2D eigenvalue weighted by atomic mass is 16.7. The summed E-state index contributed by atoms with van der Waals surface area (Å²) in [6.07, 6.45) is 0.413. The Kier molecular flexibility index (Phi) is 6.99. The third-order valence-electron chi connectivity index (χ3n) is 4.30. The second-order valence-electron chi connectivity index (χ2n) is 6.32. The summed E-state index contributed by atoms with van der Waals surface area (Å²) in [5.74, 6) is -0.526. The summed E-state index contributed by atoms with van der Waals surface area (Å²) in [6, 6.07) is 14.3. The Balaban J connectivity index is 1.87. The van der Waals surface area contributed by atoms with Crippen LogP contribution in [-0.2, 0) is 25.6 Å². The van der Waals surface area contributed by atoms with Crippen molar-refractivity contribution in [1.82, 2.24) is 0 Å². The minimum absolute atomic E-state index is 0.131. The predicted molar refractivity (Wildman–Crippen MR) is 107 cm³/mol. The number of esters is 1. The smallest absolute Gasteiger partial charge is 0.414 e. The monoisotopic (exact) mass is 397 g/mol. The van der Waals surface area contributed by atoms with E-state index in [-0.39, 0.29) is 18.7 Å². The highest BCUT2D eigenvalue weighted by Gasteiger charge is 2.24. The number of benzene rings is 2. The van der Waals surface area contributed by atoms with Crippen molar-refractivity contribution in [2.45, 2.75) is 12.9 Å². The molecule has 0 radical (unpaired) electrons. The molecular weight excluding hydrogens is 374 g/mol. The maximum atomic E-state index is 12.8. The molecule has 152 valence electrons. The molecule has 1 aliphatic rings. The van der Waals surface area contributed by atoms with Gasteiger partial charge in [0.1, 0.15) is 6.61 Å². The van der Waals surface area contributed by atoms with Gasteiger partial charge in [-0.3, -0.25) is 4.90 Å². The van der Waals surface area contributed by atoms with Gasteiger partial charge >= 0.3 is 12.1 Å². The predicted octanol–water partition coefficient (Wildman–Crippen LogP) is 3.85. The van der Waals surface area contributed by atoms with Gasteiger partial charge in [-0.15, -0.1) is 6.58 Å². The normalized spacial score (nSPS) is 13.7. The highest BCUT2D eigenvalue weighted by molar-refractivity contribution is 5.94. The summed E-state index contributed by atoms with van der Waals surface area (Å²) in [5, 5.41) is 0. The van der Waals surface area contributed by atoms with E-state index >= 15 is 0 Å². The van der Waals surface area contributed by atoms with Crippen LogP contribution in [0.4, 0.5) is 10.5 Å². The lowest BCUT2D eigenvalue weighted by Gasteiger charge is -2.23. The number of anilines is 1. The molecule has 1 aliphatic heterocycles. The van der Waals surface area contributed by atoms with E-state index < -0.39 is 18.4 Å². The number of hydrogen-bond acceptors (Lipinski definition) is 6. The van der Waals surface area contributed by atoms with E-state index in [0.29, 0.717) is 24.5 Å². The molecule has 2 aromatic rings. The quantitative estimate of drug-likeness (QED) is 0.522.